The molecule has 0 aliphatic rings. The Morgan fingerprint density at radius 2 is 1.94 bits per heavy atom. The number of benzene rings is 1. The molecule has 8 heteroatoms. The lowest BCUT2D eigenvalue weighted by Crippen LogP contribution is -2.17. The summed E-state index contributed by atoms with van der Waals surface area (Å²) in [5, 5.41) is 11.6. The first kappa shape index (κ1) is 10.5. The van der Waals surface area contributed by atoms with Gasteiger partial charge in [-0.25, -0.2) is 4.79 Å². The van der Waals surface area contributed by atoms with Gasteiger partial charge in [0.15, 0.2) is 17.1 Å². The third-order valence-electron chi connectivity index (χ3n) is 2.67. The highest BCUT2D eigenvalue weighted by atomic mass is 16.5. The van der Waals surface area contributed by atoms with Crippen LogP contribution in [0.2, 0.25) is 0 Å². The van der Waals surface area contributed by atoms with Crippen molar-refractivity contribution in [3.8, 4) is 11.5 Å². The van der Waals surface area contributed by atoms with Gasteiger partial charge in [-0.3, -0.25) is 0 Å². The van der Waals surface area contributed by atoms with Gasteiger partial charge in [-0.1, -0.05) is 0 Å². The van der Waals surface area contributed by atoms with E-state index in [4.69, 9.17) is 9.47 Å². The molecule has 0 saturated heterocycles. The summed E-state index contributed by atoms with van der Waals surface area (Å²) in [5.74, 6) is 1.07. The highest BCUT2D eigenvalue weighted by Crippen LogP contribution is 2.31. The summed E-state index contributed by atoms with van der Waals surface area (Å²) in [5.41, 5.74) is 0.546. The van der Waals surface area contributed by atoms with Crippen LogP contribution >= 0.6 is 0 Å². The van der Waals surface area contributed by atoms with E-state index in [1.807, 2.05) is 0 Å². The van der Waals surface area contributed by atoms with Crippen molar-refractivity contribution in [2.24, 2.45) is 0 Å². The van der Waals surface area contributed by atoms with Crippen LogP contribution in [0.4, 0.5) is 0 Å². The summed E-state index contributed by atoms with van der Waals surface area (Å²) in [6.07, 6.45) is 0. The number of tetrazole rings is 1. The molecule has 0 unspecified atom stereocenters. The van der Waals surface area contributed by atoms with Gasteiger partial charge in [0.05, 0.1) is 19.7 Å². The Hall–Kier alpha value is -2.64. The maximum Gasteiger partial charge on any atom is 0.350 e. The summed E-state index contributed by atoms with van der Waals surface area (Å²) < 4.78 is 11.5. The van der Waals surface area contributed by atoms with Crippen LogP contribution in [0.15, 0.2) is 16.9 Å². The third kappa shape index (κ3) is 1.32. The molecule has 2 aromatic heterocycles. The summed E-state index contributed by atoms with van der Waals surface area (Å²) in [6.45, 7) is 0. The molecule has 2 heterocycles. The zero-order chi connectivity index (χ0) is 12.7. The van der Waals surface area contributed by atoms with Gasteiger partial charge in [0.2, 0.25) is 0 Å². The maximum absolute atomic E-state index is 11.7. The number of aromatic nitrogens is 5. The first-order valence-electron chi connectivity index (χ1n) is 5.10. The van der Waals surface area contributed by atoms with Crippen molar-refractivity contribution in [2.45, 2.75) is 0 Å². The second kappa shape index (κ2) is 3.69. The Balaban J connectivity index is 2.50. The summed E-state index contributed by atoms with van der Waals surface area (Å²) in [7, 11) is 3.06. The van der Waals surface area contributed by atoms with E-state index >= 15 is 0 Å². The minimum atomic E-state index is -0.408. The standard InChI is InChI=1S/C10H9N5O3/c1-17-7-3-5-6(4-8(7)18-2)11-10(16)15-9(5)12-13-14-15/h3-4H,1-2H3,(H,11,16). The average Bonchev–Trinajstić information content (AvgIpc) is 2.87. The molecule has 0 spiro atoms. The second-order valence-electron chi connectivity index (χ2n) is 3.60. The molecule has 0 amide bonds. The minimum Gasteiger partial charge on any atom is -0.493 e. The number of rotatable bonds is 2. The molecule has 0 atom stereocenters. The molecule has 92 valence electrons. The fourth-order valence-electron chi connectivity index (χ4n) is 1.83. The Kier molecular flexibility index (Phi) is 2.15. The summed E-state index contributed by atoms with van der Waals surface area (Å²) in [4.78, 5) is 14.4. The zero-order valence-electron chi connectivity index (χ0n) is 9.67. The molecule has 0 saturated carbocycles. The summed E-state index contributed by atoms with van der Waals surface area (Å²) >= 11 is 0. The highest BCUT2D eigenvalue weighted by molar-refractivity contribution is 5.93. The van der Waals surface area contributed by atoms with Gasteiger partial charge in [0.25, 0.3) is 0 Å². The van der Waals surface area contributed by atoms with E-state index in [2.05, 4.69) is 20.5 Å². The lowest BCUT2D eigenvalue weighted by molar-refractivity contribution is 0.356. The fraction of sp³-hybridized carbons (Fsp3) is 0.200. The van der Waals surface area contributed by atoms with Gasteiger partial charge >= 0.3 is 5.69 Å². The summed E-state index contributed by atoms with van der Waals surface area (Å²) in [6, 6.07) is 3.39. The van der Waals surface area contributed by atoms with Gasteiger partial charge in [-0.2, -0.15) is 0 Å². The number of aromatic amines is 1. The fourth-order valence-corrected chi connectivity index (χ4v) is 1.83. The molecule has 8 nitrogen and oxygen atoms in total. The Morgan fingerprint density at radius 1 is 1.22 bits per heavy atom. The average molecular weight is 247 g/mol. The Morgan fingerprint density at radius 3 is 2.67 bits per heavy atom. The van der Waals surface area contributed by atoms with Crippen molar-refractivity contribution in [2.75, 3.05) is 14.2 Å². The molecule has 0 fully saturated rings. The molecular formula is C10H9N5O3. The second-order valence-corrected chi connectivity index (χ2v) is 3.60. The van der Waals surface area contributed by atoms with Crippen LogP contribution in [0.25, 0.3) is 16.6 Å². The van der Waals surface area contributed by atoms with Gasteiger partial charge in [-0.15, -0.1) is 9.61 Å². The monoisotopic (exact) mass is 247 g/mol. The number of hydrogen-bond acceptors (Lipinski definition) is 6. The van der Waals surface area contributed by atoms with Crippen molar-refractivity contribution >= 4 is 16.6 Å². The van der Waals surface area contributed by atoms with Gasteiger partial charge in [-0.05, 0) is 16.5 Å². The van der Waals surface area contributed by atoms with Crippen LogP contribution in [-0.2, 0) is 0 Å². The van der Waals surface area contributed by atoms with Crippen molar-refractivity contribution < 1.29 is 9.47 Å². The SMILES string of the molecule is COc1cc2[nH]c(=O)n3nnnc3c2cc1OC. The topological polar surface area (TPSA) is 94.4 Å². The predicted octanol–water partition coefficient (Wildman–Crippen LogP) is -0.0170. The van der Waals surface area contributed by atoms with Crippen LogP contribution in [0.3, 0.4) is 0 Å². The van der Waals surface area contributed by atoms with E-state index in [1.165, 1.54) is 14.2 Å². The molecule has 1 aromatic carbocycles. The zero-order valence-corrected chi connectivity index (χ0v) is 9.67. The highest BCUT2D eigenvalue weighted by Gasteiger charge is 2.12. The molecule has 3 rings (SSSR count). The quantitative estimate of drug-likeness (QED) is 0.684. The van der Waals surface area contributed by atoms with E-state index in [1.54, 1.807) is 12.1 Å². The first-order valence-corrected chi connectivity index (χ1v) is 5.10. The van der Waals surface area contributed by atoms with Crippen LogP contribution < -0.4 is 15.2 Å². The van der Waals surface area contributed by atoms with Crippen LogP contribution in [0, 0.1) is 0 Å². The first-order chi connectivity index (χ1) is 8.74. The van der Waals surface area contributed by atoms with Crippen molar-refractivity contribution in [1.29, 1.82) is 0 Å². The Labute approximate surface area is 100 Å². The normalized spacial score (nSPS) is 11.0. The minimum absolute atomic E-state index is 0.370. The molecule has 3 aromatic rings. The van der Waals surface area contributed by atoms with E-state index in [0.29, 0.717) is 28.0 Å². The van der Waals surface area contributed by atoms with Crippen LogP contribution in [0.1, 0.15) is 0 Å². The largest absolute Gasteiger partial charge is 0.493 e. The van der Waals surface area contributed by atoms with Gasteiger partial charge in [0.1, 0.15) is 0 Å². The van der Waals surface area contributed by atoms with Gasteiger partial charge in [0, 0.05) is 11.5 Å². The smallest absolute Gasteiger partial charge is 0.350 e. The molecule has 0 aliphatic heterocycles. The number of ether oxygens (including phenoxy) is 2. The number of methoxy groups -OCH3 is 2. The maximum atomic E-state index is 11.7. The lowest BCUT2D eigenvalue weighted by atomic mass is 10.2. The van der Waals surface area contributed by atoms with Crippen LogP contribution in [0.5, 0.6) is 11.5 Å². The number of hydrogen-bond donors (Lipinski definition) is 1. The van der Waals surface area contributed by atoms with Crippen LogP contribution in [-0.4, -0.2) is 39.2 Å². The molecule has 0 radical (unpaired) electrons. The third-order valence-corrected chi connectivity index (χ3v) is 2.67. The number of fused-ring (bicyclic) bond motifs is 3. The van der Waals surface area contributed by atoms with E-state index in [-0.39, 0.29) is 0 Å². The van der Waals surface area contributed by atoms with Crippen molar-refractivity contribution in [1.82, 2.24) is 25.0 Å². The van der Waals surface area contributed by atoms with E-state index in [9.17, 15) is 4.79 Å². The van der Waals surface area contributed by atoms with E-state index in [0.717, 1.165) is 4.52 Å². The molecular weight excluding hydrogens is 238 g/mol. The molecule has 18 heavy (non-hydrogen) atoms. The molecule has 0 aliphatic carbocycles. The molecule has 0 bridgehead atoms. The van der Waals surface area contributed by atoms with Gasteiger partial charge < -0.3 is 14.5 Å². The number of nitrogens with one attached hydrogen (secondary N) is 1. The van der Waals surface area contributed by atoms with Crippen molar-refractivity contribution in [3.63, 3.8) is 0 Å². The van der Waals surface area contributed by atoms with E-state index < -0.39 is 5.69 Å². The lowest BCUT2D eigenvalue weighted by Gasteiger charge is -2.08. The van der Waals surface area contributed by atoms with Crippen molar-refractivity contribution in [3.05, 3.63) is 22.6 Å². The number of H-pyrrole nitrogens is 1. The predicted molar refractivity (Wildman–Crippen MR) is 62.0 cm³/mol. The number of nitrogens with zero attached hydrogens (tertiary/aromatic N) is 4. The molecule has 1 N–H and O–H groups in total. The Bertz CT molecular complexity index is 791.